The highest BCUT2D eigenvalue weighted by Crippen LogP contribution is 2.20. The molecule has 0 saturated heterocycles. The SMILES string of the molecule is O=C(C=Cc1cccc(C(=O)NN=Cc2ccc(Oc3ccccc3)cc2)c1)NO. The van der Waals surface area contributed by atoms with Crippen molar-refractivity contribution in [3.05, 3.63) is 102 Å². The highest BCUT2D eigenvalue weighted by Gasteiger charge is 2.04. The second kappa shape index (κ2) is 10.4. The molecule has 0 fully saturated rings. The Morgan fingerprint density at radius 2 is 1.60 bits per heavy atom. The molecule has 0 bridgehead atoms. The second-order valence-electron chi connectivity index (χ2n) is 6.12. The fourth-order valence-corrected chi connectivity index (χ4v) is 2.47. The molecule has 0 radical (unpaired) electrons. The molecule has 2 amide bonds. The van der Waals surface area contributed by atoms with Crippen molar-refractivity contribution >= 4 is 24.1 Å². The zero-order chi connectivity index (χ0) is 21.2. The summed E-state index contributed by atoms with van der Waals surface area (Å²) in [5, 5.41) is 12.5. The molecule has 7 heteroatoms. The van der Waals surface area contributed by atoms with Gasteiger partial charge >= 0.3 is 0 Å². The average molecular weight is 401 g/mol. The van der Waals surface area contributed by atoms with Crippen molar-refractivity contribution in [1.82, 2.24) is 10.9 Å². The molecular formula is C23H19N3O4. The molecular weight excluding hydrogens is 382 g/mol. The highest BCUT2D eigenvalue weighted by molar-refractivity contribution is 5.96. The largest absolute Gasteiger partial charge is 0.457 e. The number of carbonyl (C=O) groups excluding carboxylic acids is 2. The lowest BCUT2D eigenvalue weighted by Gasteiger charge is -2.05. The van der Waals surface area contributed by atoms with Crippen LogP contribution in [0, 0.1) is 0 Å². The molecule has 0 unspecified atom stereocenters. The first-order valence-corrected chi connectivity index (χ1v) is 9.02. The molecule has 0 aliphatic heterocycles. The minimum Gasteiger partial charge on any atom is -0.457 e. The lowest BCUT2D eigenvalue weighted by Crippen LogP contribution is -2.17. The molecule has 3 aromatic rings. The zero-order valence-electron chi connectivity index (χ0n) is 15.9. The van der Waals surface area contributed by atoms with Crippen LogP contribution in [0.15, 0.2) is 90.0 Å². The fraction of sp³-hybridized carbons (Fsp3) is 0. The summed E-state index contributed by atoms with van der Waals surface area (Å²) < 4.78 is 5.73. The van der Waals surface area contributed by atoms with E-state index in [2.05, 4.69) is 10.5 Å². The maximum absolute atomic E-state index is 12.3. The van der Waals surface area contributed by atoms with Crippen LogP contribution in [0.5, 0.6) is 11.5 Å². The third kappa shape index (κ3) is 6.15. The van der Waals surface area contributed by atoms with E-state index in [1.54, 1.807) is 24.3 Å². The van der Waals surface area contributed by atoms with Crippen LogP contribution in [0.25, 0.3) is 6.08 Å². The lowest BCUT2D eigenvalue weighted by atomic mass is 10.1. The van der Waals surface area contributed by atoms with Gasteiger partial charge in [-0.3, -0.25) is 14.8 Å². The van der Waals surface area contributed by atoms with Crippen molar-refractivity contribution in [2.75, 3.05) is 0 Å². The van der Waals surface area contributed by atoms with E-state index in [0.717, 1.165) is 17.4 Å². The summed E-state index contributed by atoms with van der Waals surface area (Å²) in [6, 6.07) is 23.4. The summed E-state index contributed by atoms with van der Waals surface area (Å²) in [5.74, 6) is 0.397. The van der Waals surface area contributed by atoms with E-state index in [4.69, 9.17) is 9.94 Å². The first-order valence-electron chi connectivity index (χ1n) is 9.02. The van der Waals surface area contributed by atoms with Crippen molar-refractivity contribution in [3.63, 3.8) is 0 Å². The monoisotopic (exact) mass is 401 g/mol. The van der Waals surface area contributed by atoms with Crippen LogP contribution in [0.3, 0.4) is 0 Å². The number of hydrazone groups is 1. The van der Waals surface area contributed by atoms with Crippen molar-refractivity contribution in [2.24, 2.45) is 5.10 Å². The van der Waals surface area contributed by atoms with Gasteiger partial charge in [-0.05, 0) is 65.7 Å². The summed E-state index contributed by atoms with van der Waals surface area (Å²) >= 11 is 0. The lowest BCUT2D eigenvalue weighted by molar-refractivity contribution is -0.124. The standard InChI is InChI=1S/C23H19N3O4/c27-22(26-29)14-11-17-5-4-6-19(15-17)23(28)25-24-16-18-9-12-21(13-10-18)30-20-7-2-1-3-8-20/h1-16,29H,(H,25,28)(H,26,27). The minimum atomic E-state index is -0.658. The quantitative estimate of drug-likeness (QED) is 0.243. The van der Waals surface area contributed by atoms with Crippen LogP contribution in [-0.2, 0) is 4.79 Å². The van der Waals surface area contributed by atoms with Gasteiger partial charge < -0.3 is 4.74 Å². The van der Waals surface area contributed by atoms with E-state index in [-0.39, 0.29) is 0 Å². The Kier molecular flexibility index (Phi) is 7.07. The van der Waals surface area contributed by atoms with Gasteiger partial charge in [-0.25, -0.2) is 10.9 Å². The molecule has 0 saturated carbocycles. The summed E-state index contributed by atoms with van der Waals surface area (Å²) in [6.45, 7) is 0. The Bertz CT molecular complexity index is 1060. The molecule has 0 spiro atoms. The van der Waals surface area contributed by atoms with Gasteiger partial charge in [-0.1, -0.05) is 30.3 Å². The number of hydroxylamine groups is 1. The summed E-state index contributed by atoms with van der Waals surface area (Å²) in [6.07, 6.45) is 4.16. The van der Waals surface area contributed by atoms with Crippen LogP contribution in [0.4, 0.5) is 0 Å². The van der Waals surface area contributed by atoms with Gasteiger partial charge in [-0.2, -0.15) is 5.10 Å². The fourth-order valence-electron chi connectivity index (χ4n) is 2.47. The van der Waals surface area contributed by atoms with E-state index in [0.29, 0.717) is 16.9 Å². The van der Waals surface area contributed by atoms with E-state index in [9.17, 15) is 9.59 Å². The minimum absolute atomic E-state index is 0.380. The number of benzene rings is 3. The third-order valence-corrected chi connectivity index (χ3v) is 3.92. The van der Waals surface area contributed by atoms with Crippen LogP contribution < -0.4 is 15.6 Å². The molecule has 150 valence electrons. The summed E-state index contributed by atoms with van der Waals surface area (Å²) in [7, 11) is 0. The number of para-hydroxylation sites is 1. The topological polar surface area (TPSA) is 100 Å². The number of nitrogens with one attached hydrogen (secondary N) is 2. The Balaban J connectivity index is 1.56. The Morgan fingerprint density at radius 3 is 2.33 bits per heavy atom. The van der Waals surface area contributed by atoms with E-state index >= 15 is 0 Å². The van der Waals surface area contributed by atoms with Crippen LogP contribution in [0.1, 0.15) is 21.5 Å². The average Bonchev–Trinajstić information content (AvgIpc) is 2.79. The van der Waals surface area contributed by atoms with Gasteiger partial charge in [0.05, 0.1) is 6.21 Å². The van der Waals surface area contributed by atoms with Crippen molar-refractivity contribution in [3.8, 4) is 11.5 Å². The van der Waals surface area contributed by atoms with Gasteiger partial charge in [0.2, 0.25) is 0 Å². The Labute approximate surface area is 173 Å². The molecule has 3 aromatic carbocycles. The number of ether oxygens (including phenoxy) is 1. The number of amides is 2. The maximum atomic E-state index is 12.3. The van der Waals surface area contributed by atoms with Crippen molar-refractivity contribution < 1.29 is 19.5 Å². The molecule has 30 heavy (non-hydrogen) atoms. The molecule has 0 aliphatic rings. The van der Waals surface area contributed by atoms with Crippen LogP contribution in [0.2, 0.25) is 0 Å². The normalized spacial score (nSPS) is 10.8. The second-order valence-corrected chi connectivity index (χ2v) is 6.12. The van der Waals surface area contributed by atoms with Gasteiger partial charge in [-0.15, -0.1) is 0 Å². The molecule has 0 aliphatic carbocycles. The van der Waals surface area contributed by atoms with Gasteiger partial charge in [0.25, 0.3) is 11.8 Å². The Morgan fingerprint density at radius 1 is 0.867 bits per heavy atom. The van der Waals surface area contributed by atoms with Crippen molar-refractivity contribution in [2.45, 2.75) is 0 Å². The van der Waals surface area contributed by atoms with Gasteiger partial charge in [0, 0.05) is 11.6 Å². The third-order valence-electron chi connectivity index (χ3n) is 3.92. The maximum Gasteiger partial charge on any atom is 0.271 e. The van der Waals surface area contributed by atoms with Crippen LogP contribution in [-0.4, -0.2) is 23.2 Å². The van der Waals surface area contributed by atoms with Gasteiger partial charge in [0.1, 0.15) is 11.5 Å². The number of rotatable bonds is 7. The molecule has 0 aromatic heterocycles. The predicted octanol–water partition coefficient (Wildman–Crippen LogP) is 3.76. The number of hydrogen-bond donors (Lipinski definition) is 3. The molecule has 0 atom stereocenters. The number of nitrogens with zero attached hydrogens (tertiary/aromatic N) is 1. The van der Waals surface area contributed by atoms with Crippen LogP contribution >= 0.6 is 0 Å². The number of hydrogen-bond acceptors (Lipinski definition) is 5. The highest BCUT2D eigenvalue weighted by atomic mass is 16.5. The summed E-state index contributed by atoms with van der Waals surface area (Å²) in [5.41, 5.74) is 5.76. The Hall–Kier alpha value is -4.23. The smallest absolute Gasteiger partial charge is 0.271 e. The predicted molar refractivity (Wildman–Crippen MR) is 113 cm³/mol. The van der Waals surface area contributed by atoms with E-state index < -0.39 is 11.8 Å². The first kappa shape index (κ1) is 20.5. The molecule has 0 heterocycles. The summed E-state index contributed by atoms with van der Waals surface area (Å²) in [4.78, 5) is 23.3. The van der Waals surface area contributed by atoms with E-state index in [1.807, 2.05) is 54.6 Å². The zero-order valence-corrected chi connectivity index (χ0v) is 15.9. The van der Waals surface area contributed by atoms with Crippen molar-refractivity contribution in [1.29, 1.82) is 0 Å². The molecule has 7 nitrogen and oxygen atoms in total. The van der Waals surface area contributed by atoms with E-state index in [1.165, 1.54) is 17.8 Å². The number of carbonyl (C=O) groups is 2. The molecule has 3 rings (SSSR count). The molecule has 3 N–H and O–H groups in total. The van der Waals surface area contributed by atoms with Gasteiger partial charge in [0.15, 0.2) is 0 Å². The first-order chi connectivity index (χ1) is 14.6.